The maximum absolute atomic E-state index is 12.5. The van der Waals surface area contributed by atoms with Crippen LogP contribution in [0.15, 0.2) is 47.8 Å². The summed E-state index contributed by atoms with van der Waals surface area (Å²) in [7, 11) is 0. The number of amides is 1. The lowest BCUT2D eigenvalue weighted by atomic mass is 10.1. The molecular formula is C22H24N2O3S. The van der Waals surface area contributed by atoms with Crippen molar-refractivity contribution in [3.05, 3.63) is 69.7 Å². The molecule has 0 fully saturated rings. The van der Waals surface area contributed by atoms with Gasteiger partial charge in [-0.3, -0.25) is 4.79 Å². The van der Waals surface area contributed by atoms with Gasteiger partial charge < -0.3 is 14.8 Å². The third-order valence-electron chi connectivity index (χ3n) is 3.99. The van der Waals surface area contributed by atoms with Crippen molar-refractivity contribution in [2.75, 3.05) is 5.32 Å². The van der Waals surface area contributed by atoms with Crippen LogP contribution in [0, 0.1) is 13.8 Å². The van der Waals surface area contributed by atoms with E-state index in [9.17, 15) is 4.79 Å². The maximum Gasteiger partial charge on any atom is 0.255 e. The lowest BCUT2D eigenvalue weighted by molar-refractivity contribution is 0.102. The molecule has 1 heterocycles. The first kappa shape index (κ1) is 19.9. The SMILES string of the molecule is Cc1nc(COc2ccc(C(=O)Nc3ccc(OC(C)C)cc3C)cc2)cs1. The second kappa shape index (κ2) is 8.89. The summed E-state index contributed by atoms with van der Waals surface area (Å²) in [6, 6.07) is 12.7. The van der Waals surface area contributed by atoms with Gasteiger partial charge in [-0.2, -0.15) is 0 Å². The number of aryl methyl sites for hydroxylation is 2. The van der Waals surface area contributed by atoms with Gasteiger partial charge in [0, 0.05) is 16.6 Å². The molecule has 0 saturated carbocycles. The highest BCUT2D eigenvalue weighted by atomic mass is 32.1. The number of carbonyl (C=O) groups is 1. The van der Waals surface area contributed by atoms with Crippen LogP contribution in [0.1, 0.15) is 40.5 Å². The van der Waals surface area contributed by atoms with Gasteiger partial charge >= 0.3 is 0 Å². The quantitative estimate of drug-likeness (QED) is 0.582. The monoisotopic (exact) mass is 396 g/mol. The largest absolute Gasteiger partial charge is 0.491 e. The van der Waals surface area contributed by atoms with Gasteiger partial charge in [0.25, 0.3) is 5.91 Å². The average molecular weight is 397 g/mol. The van der Waals surface area contributed by atoms with Gasteiger partial charge in [0.2, 0.25) is 0 Å². The fourth-order valence-electron chi connectivity index (χ4n) is 2.65. The van der Waals surface area contributed by atoms with Crippen LogP contribution in [0.4, 0.5) is 5.69 Å². The van der Waals surface area contributed by atoms with Gasteiger partial charge in [-0.1, -0.05) is 0 Å². The van der Waals surface area contributed by atoms with Crippen LogP contribution in [0.3, 0.4) is 0 Å². The molecule has 0 atom stereocenters. The number of nitrogens with one attached hydrogen (secondary N) is 1. The molecule has 3 rings (SSSR count). The summed E-state index contributed by atoms with van der Waals surface area (Å²) in [6.07, 6.45) is 0.111. The predicted octanol–water partition coefficient (Wildman–Crippen LogP) is 5.38. The molecule has 0 radical (unpaired) electrons. The zero-order chi connectivity index (χ0) is 20.1. The van der Waals surface area contributed by atoms with E-state index in [0.717, 1.165) is 27.7 Å². The Labute approximate surface area is 169 Å². The Morgan fingerprint density at radius 2 is 1.82 bits per heavy atom. The smallest absolute Gasteiger partial charge is 0.255 e. The van der Waals surface area contributed by atoms with E-state index >= 15 is 0 Å². The van der Waals surface area contributed by atoms with Gasteiger partial charge in [-0.15, -0.1) is 11.3 Å². The molecule has 2 aromatic carbocycles. The fraction of sp³-hybridized carbons (Fsp3) is 0.273. The van der Waals surface area contributed by atoms with E-state index in [-0.39, 0.29) is 12.0 Å². The van der Waals surface area contributed by atoms with Crippen molar-refractivity contribution in [1.29, 1.82) is 0 Å². The van der Waals surface area contributed by atoms with Gasteiger partial charge in [0.05, 0.1) is 16.8 Å². The van der Waals surface area contributed by atoms with E-state index in [1.54, 1.807) is 35.6 Å². The first-order valence-electron chi connectivity index (χ1n) is 9.13. The highest BCUT2D eigenvalue weighted by molar-refractivity contribution is 7.09. The molecule has 0 aliphatic heterocycles. The number of ether oxygens (including phenoxy) is 2. The molecule has 1 aromatic heterocycles. The van der Waals surface area contributed by atoms with Crippen LogP contribution < -0.4 is 14.8 Å². The van der Waals surface area contributed by atoms with Crippen molar-refractivity contribution in [2.24, 2.45) is 0 Å². The van der Waals surface area contributed by atoms with Crippen molar-refractivity contribution in [2.45, 2.75) is 40.4 Å². The molecular weight excluding hydrogens is 372 g/mol. The molecule has 0 spiro atoms. The molecule has 1 N–H and O–H groups in total. The summed E-state index contributed by atoms with van der Waals surface area (Å²) in [4.78, 5) is 16.9. The first-order chi connectivity index (χ1) is 13.4. The molecule has 5 nitrogen and oxygen atoms in total. The lowest BCUT2D eigenvalue weighted by Crippen LogP contribution is -2.13. The molecule has 0 aliphatic rings. The summed E-state index contributed by atoms with van der Waals surface area (Å²) < 4.78 is 11.4. The summed E-state index contributed by atoms with van der Waals surface area (Å²) >= 11 is 1.60. The molecule has 6 heteroatoms. The second-order valence-corrected chi connectivity index (χ2v) is 7.83. The Morgan fingerprint density at radius 3 is 2.43 bits per heavy atom. The molecule has 0 saturated heterocycles. The van der Waals surface area contributed by atoms with E-state index in [1.165, 1.54) is 0 Å². The Morgan fingerprint density at radius 1 is 1.11 bits per heavy atom. The van der Waals surface area contributed by atoms with E-state index in [2.05, 4.69) is 10.3 Å². The van der Waals surface area contributed by atoms with Crippen molar-refractivity contribution in [1.82, 2.24) is 4.98 Å². The lowest BCUT2D eigenvalue weighted by Gasteiger charge is -2.13. The summed E-state index contributed by atoms with van der Waals surface area (Å²) in [5.41, 5.74) is 3.19. The maximum atomic E-state index is 12.5. The topological polar surface area (TPSA) is 60.5 Å². The number of rotatable bonds is 7. The van der Waals surface area contributed by atoms with Gasteiger partial charge in [0.15, 0.2) is 0 Å². The van der Waals surface area contributed by atoms with Crippen molar-refractivity contribution in [3.63, 3.8) is 0 Å². The second-order valence-electron chi connectivity index (χ2n) is 6.77. The molecule has 0 aliphatic carbocycles. The number of carbonyl (C=O) groups excluding carboxylic acids is 1. The van der Waals surface area contributed by atoms with Crippen LogP contribution in [0.5, 0.6) is 11.5 Å². The van der Waals surface area contributed by atoms with Crippen molar-refractivity contribution < 1.29 is 14.3 Å². The number of hydrogen-bond donors (Lipinski definition) is 1. The summed E-state index contributed by atoms with van der Waals surface area (Å²) in [5.74, 6) is 1.33. The molecule has 0 bridgehead atoms. The minimum Gasteiger partial charge on any atom is -0.491 e. The van der Waals surface area contributed by atoms with Crippen LogP contribution in [-0.2, 0) is 6.61 Å². The number of thiazole rings is 1. The average Bonchev–Trinajstić information content (AvgIpc) is 3.07. The van der Waals surface area contributed by atoms with Gasteiger partial charge in [0.1, 0.15) is 18.1 Å². The van der Waals surface area contributed by atoms with Crippen LogP contribution >= 0.6 is 11.3 Å². The van der Waals surface area contributed by atoms with E-state index in [1.807, 2.05) is 51.3 Å². The van der Waals surface area contributed by atoms with E-state index in [0.29, 0.717) is 17.9 Å². The zero-order valence-electron chi connectivity index (χ0n) is 16.5. The van der Waals surface area contributed by atoms with Gasteiger partial charge in [-0.25, -0.2) is 4.98 Å². The van der Waals surface area contributed by atoms with Crippen molar-refractivity contribution >= 4 is 22.9 Å². The Bertz CT molecular complexity index is 949. The number of hydrogen-bond acceptors (Lipinski definition) is 5. The summed E-state index contributed by atoms with van der Waals surface area (Å²) in [6.45, 7) is 8.29. The molecule has 1 amide bonds. The van der Waals surface area contributed by atoms with Crippen LogP contribution in [0.2, 0.25) is 0 Å². The fourth-order valence-corrected chi connectivity index (χ4v) is 3.25. The third-order valence-corrected chi connectivity index (χ3v) is 4.81. The molecule has 3 aromatic rings. The van der Waals surface area contributed by atoms with E-state index < -0.39 is 0 Å². The first-order valence-corrected chi connectivity index (χ1v) is 10.0. The number of benzene rings is 2. The normalized spacial score (nSPS) is 10.8. The standard InChI is InChI=1S/C22H24N2O3S/c1-14(2)27-20-9-10-21(15(3)11-20)24-22(25)17-5-7-19(8-6-17)26-12-18-13-28-16(4)23-18/h5-11,13-14H,12H2,1-4H3,(H,24,25). The summed E-state index contributed by atoms with van der Waals surface area (Å²) in [5, 5.41) is 5.94. The van der Waals surface area contributed by atoms with Crippen molar-refractivity contribution in [3.8, 4) is 11.5 Å². The minimum absolute atomic E-state index is 0.111. The molecule has 28 heavy (non-hydrogen) atoms. The highest BCUT2D eigenvalue weighted by Crippen LogP contribution is 2.23. The number of nitrogens with zero attached hydrogens (tertiary/aromatic N) is 1. The third kappa shape index (κ3) is 5.33. The predicted molar refractivity (Wildman–Crippen MR) is 113 cm³/mol. The zero-order valence-corrected chi connectivity index (χ0v) is 17.3. The molecule has 0 unspecified atom stereocenters. The molecule has 146 valence electrons. The Kier molecular flexibility index (Phi) is 6.31. The Hall–Kier alpha value is -2.86. The Balaban J connectivity index is 1.60. The van der Waals surface area contributed by atoms with Crippen LogP contribution in [0.25, 0.3) is 0 Å². The van der Waals surface area contributed by atoms with Gasteiger partial charge in [-0.05, 0) is 75.7 Å². The minimum atomic E-state index is -0.165. The van der Waals surface area contributed by atoms with E-state index in [4.69, 9.17) is 9.47 Å². The number of anilines is 1. The van der Waals surface area contributed by atoms with Crippen LogP contribution in [-0.4, -0.2) is 17.0 Å². The highest BCUT2D eigenvalue weighted by Gasteiger charge is 2.09. The number of aromatic nitrogens is 1.